The third-order valence-corrected chi connectivity index (χ3v) is 5.61. The molecule has 29 heavy (non-hydrogen) atoms. The highest BCUT2D eigenvalue weighted by atomic mass is 16.7. The summed E-state index contributed by atoms with van der Waals surface area (Å²) in [5.41, 5.74) is 0. The first-order valence-electron chi connectivity index (χ1n) is 11.5. The minimum atomic E-state index is -2.19. The van der Waals surface area contributed by atoms with E-state index in [9.17, 15) is 25.2 Å². The number of carbonyl (C=O) groups is 1. The van der Waals surface area contributed by atoms with Crippen molar-refractivity contribution in [1.29, 1.82) is 0 Å². The van der Waals surface area contributed by atoms with Gasteiger partial charge in [-0.15, -0.1) is 0 Å². The lowest BCUT2D eigenvalue weighted by atomic mass is 9.97. The van der Waals surface area contributed by atoms with Gasteiger partial charge < -0.3 is 29.9 Å². The van der Waals surface area contributed by atoms with E-state index in [2.05, 4.69) is 6.92 Å². The van der Waals surface area contributed by atoms with Gasteiger partial charge in [0.15, 0.2) is 0 Å². The van der Waals surface area contributed by atoms with E-state index < -0.39 is 36.7 Å². The second kappa shape index (κ2) is 15.1. The fourth-order valence-corrected chi connectivity index (χ4v) is 3.56. The Balaban J connectivity index is 1.95. The lowest BCUT2D eigenvalue weighted by molar-refractivity contribution is -0.332. The van der Waals surface area contributed by atoms with Crippen LogP contribution in [0.15, 0.2) is 0 Å². The van der Waals surface area contributed by atoms with Crippen LogP contribution in [0, 0.1) is 0 Å². The molecule has 1 fully saturated rings. The van der Waals surface area contributed by atoms with Gasteiger partial charge in [-0.1, -0.05) is 84.0 Å². The topological polar surface area (TPSA) is 116 Å². The second-order valence-corrected chi connectivity index (χ2v) is 8.31. The molecule has 1 unspecified atom stereocenters. The minimum Gasteiger partial charge on any atom is -0.460 e. The van der Waals surface area contributed by atoms with Gasteiger partial charge in [0, 0.05) is 6.42 Å². The molecule has 1 heterocycles. The molecular formula is C22H42O7. The molecule has 0 aromatic carbocycles. The first-order valence-corrected chi connectivity index (χ1v) is 11.5. The van der Waals surface area contributed by atoms with Crippen LogP contribution in [0.1, 0.15) is 96.8 Å². The van der Waals surface area contributed by atoms with Gasteiger partial charge >= 0.3 is 5.97 Å². The Bertz CT molecular complexity index is 431. The largest absolute Gasteiger partial charge is 0.460 e. The van der Waals surface area contributed by atoms with Gasteiger partial charge in [-0.05, 0) is 6.42 Å². The van der Waals surface area contributed by atoms with Crippen molar-refractivity contribution in [2.45, 2.75) is 121 Å². The molecule has 0 bridgehead atoms. The molecule has 0 spiro atoms. The second-order valence-electron chi connectivity index (χ2n) is 8.31. The molecule has 4 N–H and O–H groups in total. The Morgan fingerprint density at radius 3 is 1.90 bits per heavy atom. The van der Waals surface area contributed by atoms with Crippen molar-refractivity contribution in [3.63, 3.8) is 0 Å². The Morgan fingerprint density at radius 1 is 0.897 bits per heavy atom. The summed E-state index contributed by atoms with van der Waals surface area (Å²) in [4.78, 5) is 11.8. The molecular weight excluding hydrogens is 376 g/mol. The molecule has 7 nitrogen and oxygen atoms in total. The van der Waals surface area contributed by atoms with Gasteiger partial charge in [-0.2, -0.15) is 0 Å². The van der Waals surface area contributed by atoms with Crippen LogP contribution in [0.25, 0.3) is 0 Å². The van der Waals surface area contributed by atoms with E-state index in [0.29, 0.717) is 0 Å². The summed E-state index contributed by atoms with van der Waals surface area (Å²) in [5, 5.41) is 38.9. The van der Waals surface area contributed by atoms with Crippen molar-refractivity contribution in [3.8, 4) is 0 Å². The summed E-state index contributed by atoms with van der Waals surface area (Å²) in [5.74, 6) is -2.66. The molecule has 172 valence electrons. The average molecular weight is 419 g/mol. The first-order chi connectivity index (χ1) is 13.9. The van der Waals surface area contributed by atoms with E-state index >= 15 is 0 Å². The van der Waals surface area contributed by atoms with E-state index in [1.165, 1.54) is 64.2 Å². The van der Waals surface area contributed by atoms with Crippen molar-refractivity contribution >= 4 is 5.97 Å². The Kier molecular flexibility index (Phi) is 13.7. The van der Waals surface area contributed by atoms with Crippen LogP contribution in [0.3, 0.4) is 0 Å². The number of aliphatic hydroxyl groups is 4. The zero-order valence-electron chi connectivity index (χ0n) is 18.1. The number of rotatable bonds is 16. The van der Waals surface area contributed by atoms with Crippen molar-refractivity contribution in [3.05, 3.63) is 0 Å². The Labute approximate surface area is 175 Å². The highest BCUT2D eigenvalue weighted by Gasteiger charge is 2.49. The smallest absolute Gasteiger partial charge is 0.305 e. The number of aliphatic hydroxyl groups excluding tert-OH is 3. The summed E-state index contributed by atoms with van der Waals surface area (Å²) in [6.07, 6.45) is 11.6. The third kappa shape index (κ3) is 10.7. The molecule has 4 atom stereocenters. The van der Waals surface area contributed by atoms with Gasteiger partial charge in [0.05, 0.1) is 6.61 Å². The van der Waals surface area contributed by atoms with E-state index in [0.717, 1.165) is 19.3 Å². The number of unbranched alkanes of at least 4 members (excludes halogenated alkanes) is 12. The Hall–Kier alpha value is -0.730. The predicted molar refractivity (Wildman–Crippen MR) is 110 cm³/mol. The average Bonchev–Trinajstić information content (AvgIpc) is 2.71. The highest BCUT2D eigenvalue weighted by Crippen LogP contribution is 2.24. The van der Waals surface area contributed by atoms with Gasteiger partial charge in [-0.25, -0.2) is 0 Å². The molecule has 1 rings (SSSR count). The molecule has 7 heteroatoms. The van der Waals surface area contributed by atoms with Crippen LogP contribution >= 0.6 is 0 Å². The summed E-state index contributed by atoms with van der Waals surface area (Å²) >= 11 is 0. The van der Waals surface area contributed by atoms with E-state index in [-0.39, 0.29) is 13.0 Å². The number of ether oxygens (including phenoxy) is 2. The van der Waals surface area contributed by atoms with Gasteiger partial charge in [0.25, 0.3) is 0 Å². The summed E-state index contributed by atoms with van der Waals surface area (Å²) in [6, 6.07) is 0. The van der Waals surface area contributed by atoms with E-state index in [4.69, 9.17) is 9.47 Å². The maximum atomic E-state index is 11.8. The standard InChI is InChI=1S/C22H42O7/c1-2-3-4-5-6-7-8-9-10-11-12-13-14-15-19(24)28-17-22(27)21(26)20(25)18(23)16-29-22/h18,20-21,23,25-27H,2-17H2,1H3/t18-,20-,21+,22?/m1/s1. The first kappa shape index (κ1) is 26.3. The van der Waals surface area contributed by atoms with Crippen LogP contribution < -0.4 is 0 Å². The molecule has 0 aliphatic carbocycles. The lowest BCUT2D eigenvalue weighted by Crippen LogP contribution is -2.63. The summed E-state index contributed by atoms with van der Waals surface area (Å²) < 4.78 is 9.93. The van der Waals surface area contributed by atoms with Crippen LogP contribution in [-0.2, 0) is 14.3 Å². The fourth-order valence-electron chi connectivity index (χ4n) is 3.56. The monoisotopic (exact) mass is 418 g/mol. The molecule has 0 aromatic heterocycles. The summed E-state index contributed by atoms with van der Waals surface area (Å²) in [6.45, 7) is 1.32. The van der Waals surface area contributed by atoms with E-state index in [1.807, 2.05) is 0 Å². The zero-order chi connectivity index (χ0) is 21.5. The van der Waals surface area contributed by atoms with Crippen LogP contribution in [0.5, 0.6) is 0 Å². The molecule has 1 aliphatic heterocycles. The Morgan fingerprint density at radius 2 is 1.38 bits per heavy atom. The lowest BCUT2D eigenvalue weighted by Gasteiger charge is -2.40. The van der Waals surface area contributed by atoms with Crippen LogP contribution in [0.2, 0.25) is 0 Å². The number of hydrogen-bond donors (Lipinski definition) is 4. The number of hydrogen-bond acceptors (Lipinski definition) is 7. The van der Waals surface area contributed by atoms with Gasteiger partial charge in [0.1, 0.15) is 24.9 Å². The van der Waals surface area contributed by atoms with E-state index in [1.54, 1.807) is 0 Å². The van der Waals surface area contributed by atoms with Gasteiger partial charge in [0.2, 0.25) is 5.79 Å². The quantitative estimate of drug-likeness (QED) is 0.225. The molecule has 0 saturated carbocycles. The van der Waals surface area contributed by atoms with Crippen molar-refractivity contribution < 1.29 is 34.7 Å². The third-order valence-electron chi connectivity index (χ3n) is 5.61. The van der Waals surface area contributed by atoms with Crippen molar-refractivity contribution in [2.24, 2.45) is 0 Å². The predicted octanol–water partition coefficient (Wildman–Crippen LogP) is 2.81. The summed E-state index contributed by atoms with van der Waals surface area (Å²) in [7, 11) is 0. The molecule has 0 radical (unpaired) electrons. The maximum Gasteiger partial charge on any atom is 0.305 e. The molecule has 0 amide bonds. The normalized spacial score (nSPS) is 27.1. The SMILES string of the molecule is CCCCCCCCCCCCCCCC(=O)OCC1(O)OC[C@@H](O)[C@@H](O)[C@@H]1O. The van der Waals surface area contributed by atoms with Crippen molar-refractivity contribution in [2.75, 3.05) is 13.2 Å². The molecule has 1 aliphatic rings. The zero-order valence-corrected chi connectivity index (χ0v) is 18.1. The molecule has 0 aromatic rings. The number of carbonyl (C=O) groups excluding carboxylic acids is 1. The highest BCUT2D eigenvalue weighted by molar-refractivity contribution is 5.69. The van der Waals surface area contributed by atoms with Crippen LogP contribution in [-0.4, -0.2) is 63.7 Å². The maximum absolute atomic E-state index is 11.8. The minimum absolute atomic E-state index is 0.245. The fraction of sp³-hybridized carbons (Fsp3) is 0.955. The van der Waals surface area contributed by atoms with Crippen molar-refractivity contribution in [1.82, 2.24) is 0 Å². The number of esters is 1. The van der Waals surface area contributed by atoms with Crippen LogP contribution in [0.4, 0.5) is 0 Å². The van der Waals surface area contributed by atoms with Gasteiger partial charge in [-0.3, -0.25) is 4.79 Å². The molecule has 1 saturated heterocycles.